The first-order chi connectivity index (χ1) is 9.03. The largest absolute Gasteiger partial charge is 0.396 e. The zero-order chi connectivity index (χ0) is 13.9. The monoisotopic (exact) mass is 265 g/mol. The predicted molar refractivity (Wildman–Crippen MR) is 72.6 cm³/mol. The second kappa shape index (κ2) is 5.74. The maximum Gasteiger partial charge on any atom is 0.222 e. The number of hydrogen-bond donors (Lipinski definition) is 2. The summed E-state index contributed by atoms with van der Waals surface area (Å²) in [5.74, 6) is 0.0414. The molecule has 1 aromatic heterocycles. The van der Waals surface area contributed by atoms with E-state index in [9.17, 15) is 9.90 Å². The molecule has 1 amide bonds. The second-order valence-corrected chi connectivity index (χ2v) is 5.86. The van der Waals surface area contributed by atoms with Crippen molar-refractivity contribution in [1.82, 2.24) is 15.1 Å². The van der Waals surface area contributed by atoms with E-state index in [2.05, 4.69) is 10.4 Å². The molecule has 1 saturated carbocycles. The van der Waals surface area contributed by atoms with Crippen LogP contribution in [0, 0.1) is 12.3 Å². The molecule has 1 aliphatic carbocycles. The first-order valence-electron chi connectivity index (χ1n) is 6.93. The number of aliphatic hydroxyl groups is 1. The van der Waals surface area contributed by atoms with E-state index in [0.717, 1.165) is 24.8 Å². The maximum absolute atomic E-state index is 11.9. The number of amides is 1. The molecule has 1 heterocycles. The molecule has 1 fully saturated rings. The number of nitrogens with one attached hydrogen (secondary N) is 1. The van der Waals surface area contributed by atoms with E-state index in [4.69, 9.17) is 0 Å². The zero-order valence-corrected chi connectivity index (χ0v) is 11.7. The van der Waals surface area contributed by atoms with Crippen LogP contribution in [0.4, 0.5) is 0 Å². The van der Waals surface area contributed by atoms with Gasteiger partial charge in [0.1, 0.15) is 0 Å². The number of nitrogens with zero attached hydrogens (tertiary/aromatic N) is 2. The lowest BCUT2D eigenvalue weighted by molar-refractivity contribution is -0.122. The number of carbonyl (C=O) groups is 1. The van der Waals surface area contributed by atoms with Crippen molar-refractivity contribution in [1.29, 1.82) is 0 Å². The van der Waals surface area contributed by atoms with E-state index in [-0.39, 0.29) is 24.0 Å². The number of aromatic nitrogens is 2. The molecule has 19 heavy (non-hydrogen) atoms. The molecule has 0 radical (unpaired) electrons. The summed E-state index contributed by atoms with van der Waals surface area (Å²) >= 11 is 0. The molecule has 0 saturated heterocycles. The minimum atomic E-state index is -0.155. The number of carbonyl (C=O) groups excluding carboxylic acids is 1. The Hall–Kier alpha value is -1.36. The first kappa shape index (κ1) is 14.1. The van der Waals surface area contributed by atoms with Crippen molar-refractivity contribution >= 4 is 5.91 Å². The molecule has 5 heteroatoms. The van der Waals surface area contributed by atoms with Crippen molar-refractivity contribution in [2.75, 3.05) is 6.61 Å². The molecule has 5 nitrogen and oxygen atoms in total. The standard InChI is InChI=1S/C14H23N3O2/c1-11-8-15-17(9-11)7-5-13(19)16-12-4-3-6-14(12,2)10-18/h8-9,12,18H,3-7,10H2,1-2H3,(H,16,19). The van der Waals surface area contributed by atoms with E-state index in [0.29, 0.717) is 13.0 Å². The van der Waals surface area contributed by atoms with Crippen LogP contribution in [-0.4, -0.2) is 33.4 Å². The molecule has 0 bridgehead atoms. The Kier molecular flexibility index (Phi) is 4.24. The van der Waals surface area contributed by atoms with Crippen LogP contribution in [-0.2, 0) is 11.3 Å². The van der Waals surface area contributed by atoms with Gasteiger partial charge in [-0.05, 0) is 25.3 Å². The quantitative estimate of drug-likeness (QED) is 0.842. The van der Waals surface area contributed by atoms with Crippen molar-refractivity contribution in [2.45, 2.75) is 52.1 Å². The van der Waals surface area contributed by atoms with E-state index >= 15 is 0 Å². The number of aryl methyl sites for hydroxylation is 2. The fourth-order valence-electron chi connectivity index (χ4n) is 2.74. The van der Waals surface area contributed by atoms with E-state index in [1.165, 1.54) is 0 Å². The molecule has 2 N–H and O–H groups in total. The van der Waals surface area contributed by atoms with Crippen LogP contribution in [0.1, 0.15) is 38.2 Å². The van der Waals surface area contributed by atoms with Crippen LogP contribution in [0.3, 0.4) is 0 Å². The highest BCUT2D eigenvalue weighted by Gasteiger charge is 2.38. The lowest BCUT2D eigenvalue weighted by Crippen LogP contribution is -2.44. The lowest BCUT2D eigenvalue weighted by atomic mass is 9.86. The SMILES string of the molecule is Cc1cnn(CCC(=O)NC2CCCC2(C)CO)c1. The summed E-state index contributed by atoms with van der Waals surface area (Å²) in [6.45, 7) is 4.76. The highest BCUT2D eigenvalue weighted by Crippen LogP contribution is 2.37. The van der Waals surface area contributed by atoms with Crippen molar-refractivity contribution < 1.29 is 9.90 Å². The van der Waals surface area contributed by atoms with Gasteiger partial charge in [-0.1, -0.05) is 13.3 Å². The summed E-state index contributed by atoms with van der Waals surface area (Å²) in [6.07, 6.45) is 7.16. The average Bonchev–Trinajstić information content (AvgIpc) is 2.95. The van der Waals surface area contributed by atoms with Gasteiger partial charge >= 0.3 is 0 Å². The summed E-state index contributed by atoms with van der Waals surface area (Å²) in [7, 11) is 0. The first-order valence-corrected chi connectivity index (χ1v) is 6.93. The van der Waals surface area contributed by atoms with Crippen molar-refractivity contribution in [3.8, 4) is 0 Å². The normalized spacial score (nSPS) is 26.6. The van der Waals surface area contributed by atoms with Crippen LogP contribution >= 0.6 is 0 Å². The Balaban J connectivity index is 1.81. The third-order valence-electron chi connectivity index (χ3n) is 4.11. The molecule has 2 rings (SSSR count). The van der Waals surface area contributed by atoms with E-state index < -0.39 is 0 Å². The van der Waals surface area contributed by atoms with Crippen LogP contribution in [0.15, 0.2) is 12.4 Å². The Morgan fingerprint density at radius 2 is 2.47 bits per heavy atom. The summed E-state index contributed by atoms with van der Waals surface area (Å²) < 4.78 is 1.79. The van der Waals surface area contributed by atoms with Gasteiger partial charge in [0.15, 0.2) is 0 Å². The van der Waals surface area contributed by atoms with Crippen LogP contribution in [0.5, 0.6) is 0 Å². The Morgan fingerprint density at radius 3 is 3.11 bits per heavy atom. The van der Waals surface area contributed by atoms with Crippen LogP contribution in [0.2, 0.25) is 0 Å². The van der Waals surface area contributed by atoms with E-state index in [1.807, 2.05) is 20.0 Å². The Labute approximate surface area is 114 Å². The molecule has 1 aromatic rings. The second-order valence-electron chi connectivity index (χ2n) is 5.86. The zero-order valence-electron chi connectivity index (χ0n) is 11.7. The van der Waals surface area contributed by atoms with Crippen LogP contribution < -0.4 is 5.32 Å². The third kappa shape index (κ3) is 3.35. The summed E-state index contributed by atoms with van der Waals surface area (Å²) in [4.78, 5) is 11.9. The Bertz CT molecular complexity index is 444. The number of rotatable bonds is 5. The summed E-state index contributed by atoms with van der Waals surface area (Å²) in [5, 5.41) is 16.7. The van der Waals surface area contributed by atoms with Gasteiger partial charge in [-0.15, -0.1) is 0 Å². The Morgan fingerprint density at radius 1 is 1.68 bits per heavy atom. The third-order valence-corrected chi connectivity index (χ3v) is 4.11. The van der Waals surface area contributed by atoms with Gasteiger partial charge in [0, 0.05) is 30.6 Å². The molecule has 2 atom stereocenters. The molecule has 0 aliphatic heterocycles. The van der Waals surface area contributed by atoms with Gasteiger partial charge in [-0.3, -0.25) is 9.48 Å². The number of hydrogen-bond acceptors (Lipinski definition) is 3. The minimum Gasteiger partial charge on any atom is -0.396 e. The molecule has 106 valence electrons. The molecular weight excluding hydrogens is 242 g/mol. The van der Waals surface area contributed by atoms with Gasteiger partial charge in [-0.25, -0.2) is 0 Å². The number of aliphatic hydroxyl groups excluding tert-OH is 1. The topological polar surface area (TPSA) is 67.2 Å². The van der Waals surface area contributed by atoms with Crippen molar-refractivity contribution in [2.24, 2.45) is 5.41 Å². The van der Waals surface area contributed by atoms with E-state index in [1.54, 1.807) is 10.9 Å². The van der Waals surface area contributed by atoms with Gasteiger partial charge in [0.05, 0.1) is 12.8 Å². The summed E-state index contributed by atoms with van der Waals surface area (Å²) in [6, 6.07) is 0.101. The fraction of sp³-hybridized carbons (Fsp3) is 0.714. The maximum atomic E-state index is 11.9. The highest BCUT2D eigenvalue weighted by molar-refractivity contribution is 5.76. The molecule has 2 unspecified atom stereocenters. The van der Waals surface area contributed by atoms with Gasteiger partial charge in [0.2, 0.25) is 5.91 Å². The van der Waals surface area contributed by atoms with Gasteiger partial charge < -0.3 is 10.4 Å². The van der Waals surface area contributed by atoms with Crippen LogP contribution in [0.25, 0.3) is 0 Å². The molecular formula is C14H23N3O2. The lowest BCUT2D eigenvalue weighted by Gasteiger charge is -2.30. The van der Waals surface area contributed by atoms with Crippen molar-refractivity contribution in [3.05, 3.63) is 18.0 Å². The fourth-order valence-corrected chi connectivity index (χ4v) is 2.74. The summed E-state index contributed by atoms with van der Waals surface area (Å²) in [5.41, 5.74) is 0.946. The van der Waals surface area contributed by atoms with Gasteiger partial charge in [-0.2, -0.15) is 5.10 Å². The average molecular weight is 265 g/mol. The predicted octanol–water partition coefficient (Wildman–Crippen LogP) is 1.25. The molecule has 1 aliphatic rings. The minimum absolute atomic E-state index is 0.0414. The molecule has 0 spiro atoms. The van der Waals surface area contributed by atoms with Gasteiger partial charge in [0.25, 0.3) is 0 Å². The molecule has 0 aromatic carbocycles. The smallest absolute Gasteiger partial charge is 0.222 e. The highest BCUT2D eigenvalue weighted by atomic mass is 16.3. The van der Waals surface area contributed by atoms with Crippen molar-refractivity contribution in [3.63, 3.8) is 0 Å².